The van der Waals surface area contributed by atoms with Gasteiger partial charge in [0.05, 0.1) is 11.1 Å². The molecule has 10 nitrogen and oxygen atoms in total. The van der Waals surface area contributed by atoms with Gasteiger partial charge >= 0.3 is 11.9 Å². The summed E-state index contributed by atoms with van der Waals surface area (Å²) < 4.78 is 13.3. The quantitative estimate of drug-likeness (QED) is 0.0512. The number of phenolic OH excluding ortho intramolecular Hbond substituents is 4. The van der Waals surface area contributed by atoms with Crippen molar-refractivity contribution in [2.45, 2.75) is 86.9 Å². The normalized spacial score (nSPS) is 11.3. The van der Waals surface area contributed by atoms with Crippen LogP contribution >= 0.6 is 0 Å². The van der Waals surface area contributed by atoms with Gasteiger partial charge in [-0.25, -0.2) is 9.59 Å². The van der Waals surface area contributed by atoms with Gasteiger partial charge in [0, 0.05) is 45.2 Å². The topological polar surface area (TPSA) is 174 Å². The van der Waals surface area contributed by atoms with Crippen molar-refractivity contribution in [3.8, 4) is 34.5 Å². The monoisotopic (exact) mass is 976 g/mol. The first kappa shape index (κ1) is 50.9. The van der Waals surface area contributed by atoms with Crippen LogP contribution in [-0.2, 0) is 19.6 Å². The van der Waals surface area contributed by atoms with Gasteiger partial charge in [0.25, 0.3) is 0 Å². The Morgan fingerprint density at radius 1 is 0.384 bits per heavy atom. The summed E-state index contributed by atoms with van der Waals surface area (Å²) >= 11 is 0. The summed E-state index contributed by atoms with van der Waals surface area (Å²) in [5.41, 5.74) is 14.1. The molecule has 0 saturated carbocycles. The lowest BCUT2D eigenvalue weighted by Crippen LogP contribution is -2.12. The molecule has 6 N–H and O–H groups in total. The third kappa shape index (κ3) is 11.0. The second-order valence-electron chi connectivity index (χ2n) is 19.4. The van der Waals surface area contributed by atoms with Crippen LogP contribution in [0.4, 0.5) is 0 Å². The highest BCUT2D eigenvalue weighted by Crippen LogP contribution is 2.49. The molecule has 8 rings (SSSR count). The molecular formula is C63H60O10. The molecule has 0 radical (unpaired) electrons. The van der Waals surface area contributed by atoms with Gasteiger partial charge in [0.1, 0.15) is 47.7 Å². The van der Waals surface area contributed by atoms with Crippen molar-refractivity contribution in [1.82, 2.24) is 0 Å². The molecule has 0 fully saturated rings. The molecule has 372 valence electrons. The van der Waals surface area contributed by atoms with Gasteiger partial charge in [-0.3, -0.25) is 0 Å². The van der Waals surface area contributed by atoms with Crippen LogP contribution in [0.25, 0.3) is 0 Å². The van der Waals surface area contributed by atoms with Crippen molar-refractivity contribution < 1.29 is 49.7 Å². The molecule has 0 saturated heterocycles. The van der Waals surface area contributed by atoms with E-state index in [1.807, 2.05) is 116 Å². The highest BCUT2D eigenvalue weighted by atomic mass is 16.5. The van der Waals surface area contributed by atoms with E-state index in [0.717, 1.165) is 66.8 Å². The largest absolute Gasteiger partial charge is 0.508 e. The molecule has 0 amide bonds. The van der Waals surface area contributed by atoms with E-state index in [2.05, 4.69) is 0 Å². The number of rotatable bonds is 16. The van der Waals surface area contributed by atoms with E-state index in [9.17, 15) is 40.2 Å². The number of ether oxygens (including phenoxy) is 2. The standard InChI is InChI=1S/C63H60O10/c1-34-21-38(5)56(50(64)25-34)60(57-39(6)22-35(2)26-51(57)65)48-30-44(13-19-54(48)72-32-42-9-15-46(16-10-42)62(68)69)29-45-14-20-55(73-33-43-11-17-47(18-12-43)63(70)71)49(31-45)61(58-40(7)23-36(3)27-52(58)66)59-41(8)24-37(4)28-53(59)67/h9-28,30-31,60-61,64-67H,29,32-33H2,1-8H3,(H,68,69)(H,70,71). The van der Waals surface area contributed by atoms with Crippen molar-refractivity contribution in [3.63, 3.8) is 0 Å². The maximum atomic E-state index is 11.9. The van der Waals surface area contributed by atoms with Crippen LogP contribution in [0.15, 0.2) is 133 Å². The lowest BCUT2D eigenvalue weighted by Gasteiger charge is -2.28. The molecule has 0 spiro atoms. The fraction of sp³-hybridized carbons (Fsp3) is 0.206. The molecule has 0 bridgehead atoms. The number of aryl methyl sites for hydroxylation is 8. The van der Waals surface area contributed by atoms with Gasteiger partial charge in [-0.2, -0.15) is 0 Å². The Morgan fingerprint density at radius 3 is 0.918 bits per heavy atom. The Balaban J connectivity index is 1.32. The number of hydrogen-bond acceptors (Lipinski definition) is 8. The predicted molar refractivity (Wildman–Crippen MR) is 283 cm³/mol. The minimum Gasteiger partial charge on any atom is -0.508 e. The van der Waals surface area contributed by atoms with Crippen molar-refractivity contribution in [3.05, 3.63) is 245 Å². The Labute approximate surface area is 426 Å². The lowest BCUT2D eigenvalue weighted by molar-refractivity contribution is 0.0686. The average Bonchev–Trinajstić information content (AvgIpc) is 3.31. The molecular weight excluding hydrogens is 917 g/mol. The Bertz CT molecular complexity index is 2970. The first-order valence-electron chi connectivity index (χ1n) is 24.1. The zero-order valence-corrected chi connectivity index (χ0v) is 42.3. The van der Waals surface area contributed by atoms with Gasteiger partial charge in [0.15, 0.2) is 0 Å². The molecule has 10 heteroatoms. The summed E-state index contributed by atoms with van der Waals surface area (Å²) in [6, 6.07) is 39.7. The minimum atomic E-state index is -1.03. The van der Waals surface area contributed by atoms with Crippen molar-refractivity contribution in [1.29, 1.82) is 0 Å². The third-order valence-corrected chi connectivity index (χ3v) is 13.6. The minimum absolute atomic E-state index is 0.0656. The van der Waals surface area contributed by atoms with Gasteiger partial charge < -0.3 is 40.1 Å². The van der Waals surface area contributed by atoms with E-state index >= 15 is 0 Å². The fourth-order valence-corrected chi connectivity index (χ4v) is 10.4. The molecule has 8 aromatic carbocycles. The fourth-order valence-electron chi connectivity index (χ4n) is 10.4. The molecule has 0 aliphatic heterocycles. The summed E-state index contributed by atoms with van der Waals surface area (Å²) in [5.74, 6) is -2.25. The first-order valence-corrected chi connectivity index (χ1v) is 24.1. The molecule has 0 aromatic heterocycles. The average molecular weight is 977 g/mol. The molecule has 0 aliphatic carbocycles. The van der Waals surface area contributed by atoms with Gasteiger partial charge in [-0.15, -0.1) is 0 Å². The van der Waals surface area contributed by atoms with E-state index in [1.54, 1.807) is 48.5 Å². The molecule has 0 aliphatic rings. The van der Waals surface area contributed by atoms with E-state index in [0.29, 0.717) is 51.3 Å². The van der Waals surface area contributed by atoms with E-state index in [1.165, 1.54) is 24.3 Å². The number of hydrogen-bond donors (Lipinski definition) is 6. The number of benzene rings is 8. The number of aromatic hydroxyl groups is 4. The maximum Gasteiger partial charge on any atom is 0.335 e. The van der Waals surface area contributed by atoms with Crippen LogP contribution in [0.2, 0.25) is 0 Å². The number of aromatic carboxylic acids is 2. The van der Waals surface area contributed by atoms with Gasteiger partial charge in [-0.05, 0) is 189 Å². The lowest BCUT2D eigenvalue weighted by atomic mass is 9.78. The van der Waals surface area contributed by atoms with E-state index < -0.39 is 23.8 Å². The molecule has 0 atom stereocenters. The van der Waals surface area contributed by atoms with E-state index in [-0.39, 0.29) is 47.3 Å². The Kier molecular flexibility index (Phi) is 14.7. The summed E-state index contributed by atoms with van der Waals surface area (Å²) in [7, 11) is 0. The van der Waals surface area contributed by atoms with Crippen LogP contribution in [0, 0.1) is 55.4 Å². The van der Waals surface area contributed by atoms with Crippen LogP contribution in [0.1, 0.15) is 133 Å². The third-order valence-electron chi connectivity index (χ3n) is 13.6. The van der Waals surface area contributed by atoms with Crippen molar-refractivity contribution >= 4 is 11.9 Å². The number of carbonyl (C=O) groups is 2. The second kappa shape index (κ2) is 21.1. The number of carboxylic acids is 2. The number of phenols is 4. The Morgan fingerprint density at radius 2 is 0.658 bits per heavy atom. The van der Waals surface area contributed by atoms with Crippen LogP contribution < -0.4 is 9.47 Å². The Hall–Kier alpha value is -8.50. The van der Waals surface area contributed by atoms with Crippen molar-refractivity contribution in [2.75, 3.05) is 0 Å². The second-order valence-corrected chi connectivity index (χ2v) is 19.4. The molecule has 8 aromatic rings. The molecule has 0 heterocycles. The summed E-state index contributed by atoms with van der Waals surface area (Å²) in [4.78, 5) is 23.3. The summed E-state index contributed by atoms with van der Waals surface area (Å²) in [6.45, 7) is 15.6. The van der Waals surface area contributed by atoms with Crippen molar-refractivity contribution in [2.24, 2.45) is 0 Å². The predicted octanol–water partition coefficient (Wildman–Crippen LogP) is 13.5. The maximum absolute atomic E-state index is 11.9. The number of carboxylic acid groups (broad SMARTS) is 2. The summed E-state index contributed by atoms with van der Waals surface area (Å²) in [6.07, 6.45) is 0.378. The zero-order chi connectivity index (χ0) is 52.4. The summed E-state index contributed by atoms with van der Waals surface area (Å²) in [5, 5.41) is 66.7. The SMILES string of the molecule is Cc1cc(C)c(C(c2cc(Cc3ccc(OCc4ccc(C(=O)O)cc4)c(C(c4c(C)cc(C)cc4O)c4c(C)cc(C)cc4O)c3)ccc2OCc2ccc(C(=O)O)cc2)c2c(C)cc(C)cc2O)c(O)c1. The van der Waals surface area contributed by atoms with Gasteiger partial charge in [0.2, 0.25) is 0 Å². The molecule has 73 heavy (non-hydrogen) atoms. The van der Waals surface area contributed by atoms with Crippen LogP contribution in [0.3, 0.4) is 0 Å². The zero-order valence-electron chi connectivity index (χ0n) is 42.3. The van der Waals surface area contributed by atoms with Crippen LogP contribution in [0.5, 0.6) is 34.5 Å². The van der Waals surface area contributed by atoms with Crippen LogP contribution in [-0.4, -0.2) is 42.6 Å². The smallest absolute Gasteiger partial charge is 0.335 e. The first-order chi connectivity index (χ1) is 34.8. The van der Waals surface area contributed by atoms with Gasteiger partial charge in [-0.1, -0.05) is 72.8 Å². The highest BCUT2D eigenvalue weighted by Gasteiger charge is 2.32. The van der Waals surface area contributed by atoms with E-state index in [4.69, 9.17) is 9.47 Å². The highest BCUT2D eigenvalue weighted by molar-refractivity contribution is 5.88. The molecule has 0 unspecified atom stereocenters.